The predicted octanol–water partition coefficient (Wildman–Crippen LogP) is 1.77. The van der Waals surface area contributed by atoms with Crippen LogP contribution >= 0.6 is 0 Å². The van der Waals surface area contributed by atoms with Gasteiger partial charge in [0.2, 0.25) is 11.8 Å². The van der Waals surface area contributed by atoms with Crippen molar-refractivity contribution in [3.63, 3.8) is 0 Å². The third kappa shape index (κ3) is 2.62. The topological polar surface area (TPSA) is 78.5 Å². The summed E-state index contributed by atoms with van der Waals surface area (Å²) in [5, 5.41) is 5.66. The third-order valence-corrected chi connectivity index (χ3v) is 6.19. The van der Waals surface area contributed by atoms with Crippen LogP contribution in [-0.2, 0) is 9.59 Å². The van der Waals surface area contributed by atoms with Crippen LogP contribution in [0.2, 0.25) is 0 Å². The fourth-order valence-electron chi connectivity index (χ4n) is 4.93. The van der Waals surface area contributed by atoms with E-state index >= 15 is 0 Å². The Hall–Kier alpha value is -1.85. The summed E-state index contributed by atoms with van der Waals surface area (Å²) in [5.74, 6) is -0.243. The minimum atomic E-state index is -0.279. The van der Waals surface area contributed by atoms with E-state index in [1.165, 1.54) is 11.3 Å². The summed E-state index contributed by atoms with van der Waals surface area (Å²) in [4.78, 5) is 38.6. The van der Waals surface area contributed by atoms with Gasteiger partial charge < -0.3 is 10.6 Å². The minimum Gasteiger partial charge on any atom is -0.335 e. The molecule has 1 heterocycles. The Balaban J connectivity index is 1.34. The van der Waals surface area contributed by atoms with Crippen LogP contribution in [0, 0.1) is 23.7 Å². The van der Waals surface area contributed by atoms with E-state index in [0.717, 1.165) is 38.5 Å². The first-order chi connectivity index (χ1) is 11.6. The number of amides is 4. The second kappa shape index (κ2) is 6.22. The van der Waals surface area contributed by atoms with Crippen LogP contribution < -0.4 is 10.6 Å². The molecule has 2 N–H and O–H groups in total. The Morgan fingerprint density at radius 2 is 1.54 bits per heavy atom. The van der Waals surface area contributed by atoms with Crippen LogP contribution in [0.1, 0.15) is 44.9 Å². The molecule has 0 aromatic heterocycles. The summed E-state index contributed by atoms with van der Waals surface area (Å²) < 4.78 is 0. The Morgan fingerprint density at radius 3 is 2.08 bits per heavy atom. The van der Waals surface area contributed by atoms with Gasteiger partial charge >= 0.3 is 6.03 Å². The highest BCUT2D eigenvalue weighted by molar-refractivity contribution is 6.06. The Kier molecular flexibility index (Phi) is 4.06. The van der Waals surface area contributed by atoms with Crippen molar-refractivity contribution in [1.82, 2.24) is 15.5 Å². The molecule has 4 aliphatic carbocycles. The lowest BCUT2D eigenvalue weighted by Crippen LogP contribution is -2.48. The molecular formula is C18H25N3O3. The first kappa shape index (κ1) is 15.7. The van der Waals surface area contributed by atoms with Crippen LogP contribution in [0.15, 0.2) is 12.2 Å². The summed E-state index contributed by atoms with van der Waals surface area (Å²) in [6.07, 6.45) is 11.7. The van der Waals surface area contributed by atoms with Gasteiger partial charge in [0.05, 0.1) is 11.8 Å². The number of imide groups is 1. The van der Waals surface area contributed by atoms with Crippen molar-refractivity contribution in [3.05, 3.63) is 12.2 Å². The van der Waals surface area contributed by atoms with Crippen LogP contribution in [0.5, 0.6) is 0 Å². The Bertz CT molecular complexity index is 550. The average molecular weight is 331 g/mol. The molecule has 3 fully saturated rings. The molecule has 5 aliphatic rings. The first-order valence-electron chi connectivity index (χ1n) is 9.23. The van der Waals surface area contributed by atoms with E-state index in [2.05, 4.69) is 22.8 Å². The number of carbonyl (C=O) groups excluding carboxylic acids is 3. The molecule has 1 saturated heterocycles. The van der Waals surface area contributed by atoms with E-state index in [9.17, 15) is 14.4 Å². The van der Waals surface area contributed by atoms with Crippen molar-refractivity contribution in [3.8, 4) is 0 Å². The number of hydrogen-bond acceptors (Lipinski definition) is 3. The highest BCUT2D eigenvalue weighted by Crippen LogP contribution is 2.49. The number of hydrogen-bond donors (Lipinski definition) is 2. The van der Waals surface area contributed by atoms with Gasteiger partial charge in [-0.15, -0.1) is 0 Å². The van der Waals surface area contributed by atoms with Gasteiger partial charge in [-0.2, -0.15) is 0 Å². The second-order valence-electron chi connectivity index (χ2n) is 7.59. The normalized spacial score (nSPS) is 35.2. The molecule has 2 saturated carbocycles. The summed E-state index contributed by atoms with van der Waals surface area (Å²) in [6.45, 7) is -0.0113. The zero-order valence-electron chi connectivity index (χ0n) is 13.9. The molecule has 0 aromatic carbocycles. The summed E-state index contributed by atoms with van der Waals surface area (Å²) in [5.41, 5.74) is 0. The molecule has 130 valence electrons. The maximum absolute atomic E-state index is 12.6. The van der Waals surface area contributed by atoms with E-state index in [1.807, 2.05) is 0 Å². The van der Waals surface area contributed by atoms with Crippen molar-refractivity contribution in [2.45, 2.75) is 51.0 Å². The molecule has 24 heavy (non-hydrogen) atoms. The highest BCUT2D eigenvalue weighted by atomic mass is 16.2. The van der Waals surface area contributed by atoms with E-state index < -0.39 is 0 Å². The summed E-state index contributed by atoms with van der Waals surface area (Å²) in [6, 6.07) is -0.0650. The lowest BCUT2D eigenvalue weighted by Gasteiger charge is -2.38. The average Bonchev–Trinajstić information content (AvgIpc) is 2.88. The fourth-order valence-corrected chi connectivity index (χ4v) is 4.93. The molecule has 0 spiro atoms. The smallest absolute Gasteiger partial charge is 0.316 e. The van der Waals surface area contributed by atoms with Gasteiger partial charge in [0.15, 0.2) is 0 Å². The van der Waals surface area contributed by atoms with Crippen molar-refractivity contribution in [2.24, 2.45) is 23.7 Å². The molecule has 6 heteroatoms. The molecule has 6 nitrogen and oxygen atoms in total. The third-order valence-electron chi connectivity index (χ3n) is 6.19. The molecule has 5 rings (SSSR count). The molecule has 1 aliphatic heterocycles. The molecule has 0 unspecified atom stereocenters. The molecule has 4 amide bonds. The first-order valence-corrected chi connectivity index (χ1v) is 9.23. The van der Waals surface area contributed by atoms with Gasteiger partial charge in [-0.05, 0) is 37.5 Å². The molecule has 0 radical (unpaired) electrons. The fraction of sp³-hybridized carbons (Fsp3) is 0.722. The van der Waals surface area contributed by atoms with Gasteiger partial charge in [-0.3, -0.25) is 14.5 Å². The lowest BCUT2D eigenvalue weighted by atomic mass is 9.63. The largest absolute Gasteiger partial charge is 0.335 e. The van der Waals surface area contributed by atoms with Gasteiger partial charge in [-0.25, -0.2) is 4.79 Å². The van der Waals surface area contributed by atoms with Crippen LogP contribution in [-0.4, -0.2) is 35.5 Å². The Labute approximate surface area is 142 Å². The van der Waals surface area contributed by atoms with Gasteiger partial charge in [0.1, 0.15) is 6.67 Å². The molecular weight excluding hydrogens is 306 g/mol. The highest BCUT2D eigenvalue weighted by Gasteiger charge is 2.56. The van der Waals surface area contributed by atoms with Gasteiger partial charge in [-0.1, -0.05) is 31.4 Å². The molecule has 4 atom stereocenters. The van der Waals surface area contributed by atoms with Crippen LogP contribution in [0.25, 0.3) is 0 Å². The van der Waals surface area contributed by atoms with Crippen molar-refractivity contribution in [1.29, 1.82) is 0 Å². The number of allylic oxidation sites excluding steroid dienone is 2. The number of nitrogens with one attached hydrogen (secondary N) is 2. The lowest BCUT2D eigenvalue weighted by molar-refractivity contribution is -0.140. The standard InChI is InChI=1S/C18H25N3O3/c22-16-14-11-6-7-12(9-8-11)15(14)17(23)21(16)10-19-18(24)20-13-4-2-1-3-5-13/h6-7,11-15H,1-5,8-10H2,(H2,19,20,24)/t11-,12-,14-,15+/m0/s1. The van der Waals surface area contributed by atoms with Crippen LogP contribution in [0.3, 0.4) is 0 Å². The van der Waals surface area contributed by atoms with Gasteiger partial charge in [0.25, 0.3) is 0 Å². The number of fused-ring (bicyclic) bond motifs is 1. The van der Waals surface area contributed by atoms with E-state index in [4.69, 9.17) is 0 Å². The second-order valence-corrected chi connectivity index (χ2v) is 7.59. The van der Waals surface area contributed by atoms with Gasteiger partial charge in [0, 0.05) is 6.04 Å². The molecule has 0 aromatic rings. The maximum Gasteiger partial charge on any atom is 0.316 e. The number of likely N-dealkylation sites (tertiary alicyclic amines) is 1. The number of urea groups is 1. The number of carbonyl (C=O) groups is 3. The minimum absolute atomic E-state index is 0.0113. The zero-order chi connectivity index (χ0) is 16.7. The zero-order valence-corrected chi connectivity index (χ0v) is 13.9. The summed E-state index contributed by atoms with van der Waals surface area (Å²) >= 11 is 0. The summed E-state index contributed by atoms with van der Waals surface area (Å²) in [7, 11) is 0. The SMILES string of the molecule is O=C(NCN1C(=O)[C@@H]2[C@H](C1=O)[C@H]1C=C[C@H]2CC1)NC1CCCCC1. The van der Waals surface area contributed by atoms with Crippen LogP contribution in [0.4, 0.5) is 4.79 Å². The number of rotatable bonds is 3. The quantitative estimate of drug-likeness (QED) is 0.611. The number of nitrogens with zero attached hydrogens (tertiary/aromatic N) is 1. The maximum atomic E-state index is 12.6. The Morgan fingerprint density at radius 1 is 0.958 bits per heavy atom. The monoisotopic (exact) mass is 331 g/mol. The van der Waals surface area contributed by atoms with E-state index in [-0.39, 0.29) is 54.2 Å². The van der Waals surface area contributed by atoms with Crippen molar-refractivity contribution in [2.75, 3.05) is 6.67 Å². The van der Waals surface area contributed by atoms with Crippen molar-refractivity contribution < 1.29 is 14.4 Å². The van der Waals surface area contributed by atoms with E-state index in [1.54, 1.807) is 0 Å². The predicted molar refractivity (Wildman–Crippen MR) is 87.6 cm³/mol. The van der Waals surface area contributed by atoms with Crippen molar-refractivity contribution >= 4 is 17.8 Å². The van der Waals surface area contributed by atoms with E-state index in [0.29, 0.717) is 0 Å². The molecule has 2 bridgehead atoms.